The third-order valence-electron chi connectivity index (χ3n) is 2.89. The van der Waals surface area contributed by atoms with Crippen LogP contribution in [0, 0.1) is 17.6 Å². The van der Waals surface area contributed by atoms with Crippen molar-refractivity contribution in [3.63, 3.8) is 0 Å². The van der Waals surface area contributed by atoms with E-state index in [-0.39, 0.29) is 11.8 Å². The number of benzene rings is 1. The number of hydrogen-bond donors (Lipinski definition) is 1. The zero-order valence-corrected chi connectivity index (χ0v) is 9.17. The van der Waals surface area contributed by atoms with Crippen LogP contribution in [0.5, 0.6) is 5.75 Å². The van der Waals surface area contributed by atoms with Crippen molar-refractivity contribution < 1.29 is 13.5 Å². The Balaban J connectivity index is 1.98. The first-order valence-corrected chi connectivity index (χ1v) is 5.46. The lowest BCUT2D eigenvalue weighted by Gasteiger charge is -2.16. The molecule has 1 N–H and O–H groups in total. The van der Waals surface area contributed by atoms with E-state index in [9.17, 15) is 8.78 Å². The highest BCUT2D eigenvalue weighted by molar-refractivity contribution is 5.26. The molecule has 0 heterocycles. The summed E-state index contributed by atoms with van der Waals surface area (Å²) < 4.78 is 31.7. The highest BCUT2D eigenvalue weighted by Crippen LogP contribution is 2.33. The van der Waals surface area contributed by atoms with E-state index in [4.69, 9.17) is 4.74 Å². The first-order valence-electron chi connectivity index (χ1n) is 5.46. The predicted octanol–water partition coefficient (Wildman–Crippen LogP) is 2.34. The van der Waals surface area contributed by atoms with Gasteiger partial charge in [-0.1, -0.05) is 6.07 Å². The van der Waals surface area contributed by atoms with Gasteiger partial charge in [-0.25, -0.2) is 8.78 Å². The molecule has 16 heavy (non-hydrogen) atoms. The molecule has 1 saturated carbocycles. The topological polar surface area (TPSA) is 21.3 Å². The van der Waals surface area contributed by atoms with Crippen LogP contribution in [-0.4, -0.2) is 19.7 Å². The van der Waals surface area contributed by atoms with Gasteiger partial charge >= 0.3 is 0 Å². The molecule has 1 fully saturated rings. The number of likely N-dealkylation sites (N-methyl/N-ethyl adjacent to an activating group) is 1. The van der Waals surface area contributed by atoms with Gasteiger partial charge in [0, 0.05) is 6.04 Å². The van der Waals surface area contributed by atoms with Crippen LogP contribution >= 0.6 is 0 Å². The third kappa shape index (κ3) is 2.50. The maximum atomic E-state index is 13.2. The molecule has 2 rings (SSSR count). The second kappa shape index (κ2) is 4.78. The highest BCUT2D eigenvalue weighted by Gasteiger charge is 2.30. The minimum Gasteiger partial charge on any atom is -0.486 e. The predicted molar refractivity (Wildman–Crippen MR) is 57.4 cm³/mol. The molecule has 0 bridgehead atoms. The zero-order chi connectivity index (χ0) is 11.5. The van der Waals surface area contributed by atoms with Crippen LogP contribution in [0.3, 0.4) is 0 Å². The van der Waals surface area contributed by atoms with Crippen molar-refractivity contribution in [2.75, 3.05) is 13.7 Å². The van der Waals surface area contributed by atoms with E-state index < -0.39 is 11.6 Å². The molecule has 4 heteroatoms. The van der Waals surface area contributed by atoms with Gasteiger partial charge in [-0.05, 0) is 37.9 Å². The molecule has 0 aliphatic heterocycles. The molecule has 0 spiro atoms. The normalized spacial score (nSPS) is 17.2. The van der Waals surface area contributed by atoms with Gasteiger partial charge in [0.1, 0.15) is 6.61 Å². The molecule has 1 aliphatic carbocycles. The molecule has 1 atom stereocenters. The summed E-state index contributed by atoms with van der Waals surface area (Å²) in [4.78, 5) is 0. The minimum atomic E-state index is -0.648. The quantitative estimate of drug-likeness (QED) is 0.833. The number of halogens is 2. The van der Waals surface area contributed by atoms with Crippen LogP contribution in [0.4, 0.5) is 8.78 Å². The molecule has 0 saturated heterocycles. The van der Waals surface area contributed by atoms with Crippen molar-refractivity contribution in [3.8, 4) is 5.75 Å². The Morgan fingerprint density at radius 1 is 1.38 bits per heavy atom. The van der Waals surface area contributed by atoms with Crippen molar-refractivity contribution in [1.82, 2.24) is 5.32 Å². The van der Waals surface area contributed by atoms with Crippen molar-refractivity contribution in [2.24, 2.45) is 5.92 Å². The van der Waals surface area contributed by atoms with E-state index in [0.717, 1.165) is 12.8 Å². The number of para-hydroxylation sites is 1. The first kappa shape index (κ1) is 11.3. The first-order chi connectivity index (χ1) is 7.72. The third-order valence-corrected chi connectivity index (χ3v) is 2.89. The average molecular weight is 227 g/mol. The van der Waals surface area contributed by atoms with Gasteiger partial charge in [0.15, 0.2) is 17.4 Å². The Hall–Kier alpha value is -1.16. The molecule has 0 aromatic heterocycles. The molecule has 1 aromatic carbocycles. The van der Waals surface area contributed by atoms with Crippen LogP contribution in [0.2, 0.25) is 0 Å². The van der Waals surface area contributed by atoms with Crippen LogP contribution in [-0.2, 0) is 0 Å². The SMILES string of the molecule is CNC(COc1c(F)cccc1F)C1CC1. The van der Waals surface area contributed by atoms with E-state index in [2.05, 4.69) is 5.32 Å². The second-order valence-electron chi connectivity index (χ2n) is 4.09. The smallest absolute Gasteiger partial charge is 0.190 e. The lowest BCUT2D eigenvalue weighted by Crippen LogP contribution is -2.33. The second-order valence-corrected chi connectivity index (χ2v) is 4.09. The van der Waals surface area contributed by atoms with Gasteiger partial charge in [0.2, 0.25) is 0 Å². The monoisotopic (exact) mass is 227 g/mol. The van der Waals surface area contributed by atoms with Crippen molar-refractivity contribution >= 4 is 0 Å². The van der Waals surface area contributed by atoms with E-state index in [1.54, 1.807) is 0 Å². The Bertz CT molecular complexity index is 346. The minimum absolute atomic E-state index is 0.180. The number of ether oxygens (including phenoxy) is 1. The fourth-order valence-corrected chi connectivity index (χ4v) is 1.75. The molecule has 2 nitrogen and oxygen atoms in total. The fraction of sp³-hybridized carbons (Fsp3) is 0.500. The summed E-state index contributed by atoms with van der Waals surface area (Å²) >= 11 is 0. The summed E-state index contributed by atoms with van der Waals surface area (Å²) in [7, 11) is 1.84. The van der Waals surface area contributed by atoms with Crippen LogP contribution in [0.25, 0.3) is 0 Å². The summed E-state index contributed by atoms with van der Waals surface area (Å²) in [6, 6.07) is 3.90. The van der Waals surface area contributed by atoms with E-state index >= 15 is 0 Å². The largest absolute Gasteiger partial charge is 0.486 e. The lowest BCUT2D eigenvalue weighted by molar-refractivity contribution is 0.236. The van der Waals surface area contributed by atoms with Gasteiger partial charge < -0.3 is 10.1 Å². The van der Waals surface area contributed by atoms with Crippen molar-refractivity contribution in [1.29, 1.82) is 0 Å². The summed E-state index contributed by atoms with van der Waals surface area (Å²) in [6.45, 7) is 0.305. The standard InChI is InChI=1S/C12H15F2NO/c1-15-11(8-5-6-8)7-16-12-9(13)3-2-4-10(12)14/h2-4,8,11,15H,5-7H2,1H3. The number of rotatable bonds is 5. The average Bonchev–Trinajstić information content (AvgIpc) is 3.07. The van der Waals surface area contributed by atoms with E-state index in [1.807, 2.05) is 7.05 Å². The summed E-state index contributed by atoms with van der Waals surface area (Å²) in [5.74, 6) is -0.987. The maximum absolute atomic E-state index is 13.2. The van der Waals surface area contributed by atoms with Crippen LogP contribution in [0.1, 0.15) is 12.8 Å². The van der Waals surface area contributed by atoms with Gasteiger partial charge in [-0.3, -0.25) is 0 Å². The Kier molecular flexibility index (Phi) is 3.39. The van der Waals surface area contributed by atoms with Crippen molar-refractivity contribution in [2.45, 2.75) is 18.9 Å². The highest BCUT2D eigenvalue weighted by atomic mass is 19.1. The van der Waals surface area contributed by atoms with Gasteiger partial charge in [-0.2, -0.15) is 0 Å². The zero-order valence-electron chi connectivity index (χ0n) is 9.17. The number of nitrogens with one attached hydrogen (secondary N) is 1. The summed E-state index contributed by atoms with van der Waals surface area (Å²) in [5, 5.41) is 3.10. The summed E-state index contributed by atoms with van der Waals surface area (Å²) in [5.41, 5.74) is 0. The fourth-order valence-electron chi connectivity index (χ4n) is 1.75. The Morgan fingerprint density at radius 3 is 2.50 bits per heavy atom. The molecular weight excluding hydrogens is 212 g/mol. The molecule has 1 aliphatic rings. The molecule has 0 radical (unpaired) electrons. The van der Waals surface area contributed by atoms with Crippen molar-refractivity contribution in [3.05, 3.63) is 29.8 Å². The van der Waals surface area contributed by atoms with E-state index in [1.165, 1.54) is 18.2 Å². The van der Waals surface area contributed by atoms with E-state index in [0.29, 0.717) is 12.5 Å². The number of hydrogen-bond acceptors (Lipinski definition) is 2. The van der Waals surface area contributed by atoms with Gasteiger partial charge in [0.05, 0.1) is 0 Å². The molecule has 0 amide bonds. The molecule has 88 valence electrons. The Labute approximate surface area is 93.6 Å². The van der Waals surface area contributed by atoms with Crippen LogP contribution in [0.15, 0.2) is 18.2 Å². The molecule has 1 unspecified atom stereocenters. The van der Waals surface area contributed by atoms with Gasteiger partial charge in [-0.15, -0.1) is 0 Å². The molecular formula is C12H15F2NO. The summed E-state index contributed by atoms with van der Waals surface area (Å²) in [6.07, 6.45) is 2.32. The maximum Gasteiger partial charge on any atom is 0.190 e. The van der Waals surface area contributed by atoms with Crippen LogP contribution < -0.4 is 10.1 Å². The van der Waals surface area contributed by atoms with Gasteiger partial charge in [0.25, 0.3) is 0 Å². The Morgan fingerprint density at radius 2 is 2.00 bits per heavy atom. The lowest BCUT2D eigenvalue weighted by atomic mass is 10.2. The molecule has 1 aromatic rings.